The number of nitrogens with zero attached hydrogens (tertiary/aromatic N) is 2. The van der Waals surface area contributed by atoms with Crippen molar-refractivity contribution < 1.29 is 13.3 Å². The van der Waals surface area contributed by atoms with Gasteiger partial charge >= 0.3 is 0 Å². The second kappa shape index (κ2) is 21.9. The zero-order valence-corrected chi connectivity index (χ0v) is 55.7. The molecule has 5 aromatic heterocycles. The molecule has 0 amide bonds. The summed E-state index contributed by atoms with van der Waals surface area (Å²) in [4.78, 5) is 4.77. The van der Waals surface area contributed by atoms with Crippen LogP contribution in [0.25, 0.3) is 183 Å². The fourth-order valence-corrected chi connectivity index (χ4v) is 18.7. The number of para-hydroxylation sites is 2. The first-order chi connectivity index (χ1) is 50.0. The Balaban J connectivity index is 0.607. The third-order valence-electron chi connectivity index (χ3n) is 21.1. The number of fused-ring (bicyclic) bond motifs is 23. The van der Waals surface area contributed by atoms with Crippen molar-refractivity contribution >= 4 is 206 Å². The Labute approximate surface area is 586 Å². The number of hydrogen-bond donors (Lipinski definition) is 0. The lowest BCUT2D eigenvalue weighted by Gasteiger charge is -2.27. The summed E-state index contributed by atoms with van der Waals surface area (Å²) in [5.41, 5.74) is 19.0. The Bertz CT molecular complexity index is 7210. The van der Waals surface area contributed by atoms with Gasteiger partial charge in [-0.3, -0.25) is 0 Å². The minimum Gasteiger partial charge on any atom is -0.456 e. The number of furan rings is 3. The average molecular weight is 1320 g/mol. The molecule has 0 unspecified atom stereocenters. The highest BCUT2D eigenvalue weighted by Crippen LogP contribution is 2.51. The molecule has 470 valence electrons. The van der Waals surface area contributed by atoms with Crippen LogP contribution in [0.2, 0.25) is 0 Å². The van der Waals surface area contributed by atoms with Gasteiger partial charge in [-0.1, -0.05) is 206 Å². The number of anilines is 6. The van der Waals surface area contributed by atoms with Gasteiger partial charge < -0.3 is 23.1 Å². The molecule has 0 saturated heterocycles. The monoisotopic (exact) mass is 1320 g/mol. The van der Waals surface area contributed by atoms with E-state index in [1.54, 1.807) is 0 Å². The van der Waals surface area contributed by atoms with Gasteiger partial charge in [0.15, 0.2) is 0 Å². The minimum absolute atomic E-state index is 0.881. The zero-order chi connectivity index (χ0) is 66.0. The molecule has 0 saturated carbocycles. The number of thiophene rings is 2. The highest BCUT2D eigenvalue weighted by Gasteiger charge is 2.24. The van der Waals surface area contributed by atoms with Crippen molar-refractivity contribution in [2.75, 3.05) is 9.80 Å². The summed E-state index contributed by atoms with van der Waals surface area (Å²) in [6, 6.07) is 119. The molecule has 0 bridgehead atoms. The zero-order valence-electron chi connectivity index (χ0n) is 54.1. The third-order valence-corrected chi connectivity index (χ3v) is 23.3. The lowest BCUT2D eigenvalue weighted by molar-refractivity contribution is 0.669. The Morgan fingerprint density at radius 2 is 0.673 bits per heavy atom. The van der Waals surface area contributed by atoms with Gasteiger partial charge in [0.25, 0.3) is 0 Å². The summed E-state index contributed by atoms with van der Waals surface area (Å²) < 4.78 is 25.0. The summed E-state index contributed by atoms with van der Waals surface area (Å²) in [6.45, 7) is 0. The molecule has 17 aromatic carbocycles. The molecule has 22 aromatic rings. The summed E-state index contributed by atoms with van der Waals surface area (Å²) in [5, 5.41) is 21.1. The van der Waals surface area contributed by atoms with E-state index in [-0.39, 0.29) is 0 Å². The number of benzene rings is 17. The molecule has 0 aliphatic rings. The molecule has 22 rings (SSSR count). The SMILES string of the molecule is c1ccc(N(c2ccc(-c3ccc4c(c3)oc3ccccc34)cc2)c2ccc3c(c2)sc2ccc4c(oc5ccc6c(-c7ccc(-c8ccc(N(c9ccc%10c(c9)sc9ccc%11c(oc%12ccc%13ccccc%13c%12%11)c9%10)c9cccc%10ccccc9%10)cc8)c8ccccc78)cccc6c54)c23)cc1. The third kappa shape index (κ3) is 8.61. The standard InChI is InChI=1S/C94H54N2O3S2/c1-2-17-60(18-3-1)95(61-34-28-55(29-35-61)59-32-40-74-73-23-10-11-27-81(73)97-84(74)52-59)63-38-41-76-87(53-63)100-86-51-47-79-90-75-25-13-24-70(72(75)45-49-83(90)99-94(79)92(76)86)71-44-43-65(68-21-8-9-22-69(68)71)58-30-36-62(37-31-58)96(80-26-12-16-56-14-4-6-19-66(56)80)64-39-42-77-88(54-64)101-85-50-46-78-89-67-20-7-5-15-57(67)33-48-82(89)98-93(78)91(77)85/h1-54H. The van der Waals surface area contributed by atoms with Gasteiger partial charge in [0, 0.05) is 106 Å². The van der Waals surface area contributed by atoms with Crippen LogP contribution in [0.4, 0.5) is 34.1 Å². The van der Waals surface area contributed by atoms with E-state index in [0.29, 0.717) is 0 Å². The largest absolute Gasteiger partial charge is 0.456 e. The van der Waals surface area contributed by atoms with Crippen molar-refractivity contribution in [3.63, 3.8) is 0 Å². The summed E-state index contributed by atoms with van der Waals surface area (Å²) in [6.07, 6.45) is 0. The van der Waals surface area contributed by atoms with E-state index in [9.17, 15) is 0 Å². The smallest absolute Gasteiger partial charge is 0.144 e. The van der Waals surface area contributed by atoms with Crippen LogP contribution in [0.5, 0.6) is 0 Å². The lowest BCUT2D eigenvalue weighted by Crippen LogP contribution is -2.10. The Hall–Kier alpha value is -12.8. The maximum atomic E-state index is 7.06. The normalized spacial score (nSPS) is 12.2. The van der Waals surface area contributed by atoms with E-state index in [1.165, 1.54) is 100 Å². The molecule has 5 heterocycles. The van der Waals surface area contributed by atoms with Crippen LogP contribution < -0.4 is 9.80 Å². The first kappa shape index (κ1) is 56.3. The van der Waals surface area contributed by atoms with Crippen molar-refractivity contribution in [2.24, 2.45) is 0 Å². The molecule has 101 heavy (non-hydrogen) atoms. The van der Waals surface area contributed by atoms with E-state index in [2.05, 4.69) is 325 Å². The molecule has 0 aliphatic heterocycles. The van der Waals surface area contributed by atoms with Crippen LogP contribution in [0.15, 0.2) is 341 Å². The highest BCUT2D eigenvalue weighted by atomic mass is 32.1. The van der Waals surface area contributed by atoms with Crippen molar-refractivity contribution in [1.29, 1.82) is 0 Å². The topological polar surface area (TPSA) is 45.9 Å². The maximum Gasteiger partial charge on any atom is 0.144 e. The van der Waals surface area contributed by atoms with Crippen molar-refractivity contribution in [2.45, 2.75) is 0 Å². The molecule has 7 heteroatoms. The summed E-state index contributed by atoms with van der Waals surface area (Å²) in [5.74, 6) is 0. The van der Waals surface area contributed by atoms with Crippen LogP contribution in [0.3, 0.4) is 0 Å². The van der Waals surface area contributed by atoms with Gasteiger partial charge in [-0.15, -0.1) is 22.7 Å². The molecule has 0 fully saturated rings. The van der Waals surface area contributed by atoms with Crippen LogP contribution in [-0.4, -0.2) is 0 Å². The van der Waals surface area contributed by atoms with Crippen LogP contribution in [0.1, 0.15) is 0 Å². The maximum absolute atomic E-state index is 7.06. The molecule has 0 atom stereocenters. The molecule has 0 radical (unpaired) electrons. The van der Waals surface area contributed by atoms with E-state index >= 15 is 0 Å². The van der Waals surface area contributed by atoms with Gasteiger partial charge in [-0.2, -0.15) is 0 Å². The predicted octanol–water partition coefficient (Wildman–Crippen LogP) is 28.7. The fourth-order valence-electron chi connectivity index (χ4n) is 16.4. The first-order valence-corrected chi connectivity index (χ1v) is 35.9. The highest BCUT2D eigenvalue weighted by molar-refractivity contribution is 7.26. The fraction of sp³-hybridized carbons (Fsp3) is 0. The number of hydrogen-bond acceptors (Lipinski definition) is 7. The molecule has 0 spiro atoms. The van der Waals surface area contributed by atoms with Gasteiger partial charge in [0.05, 0.1) is 5.69 Å². The molecular weight excluding hydrogens is 1270 g/mol. The quantitative estimate of drug-likeness (QED) is 0.144. The average Bonchev–Trinajstić information content (AvgIpc) is 1.61. The molecule has 0 N–H and O–H groups in total. The van der Waals surface area contributed by atoms with E-state index in [4.69, 9.17) is 13.3 Å². The molecule has 0 aliphatic carbocycles. The van der Waals surface area contributed by atoms with Gasteiger partial charge in [-0.25, -0.2) is 0 Å². The van der Waals surface area contributed by atoms with Crippen molar-refractivity contribution in [3.8, 4) is 33.4 Å². The minimum atomic E-state index is 0.881. The summed E-state index contributed by atoms with van der Waals surface area (Å²) >= 11 is 3.64. The van der Waals surface area contributed by atoms with Crippen LogP contribution in [0, 0.1) is 0 Å². The van der Waals surface area contributed by atoms with E-state index < -0.39 is 0 Å². The second-order valence-corrected chi connectivity index (χ2v) is 28.7. The Kier molecular flexibility index (Phi) is 12.2. The van der Waals surface area contributed by atoms with Gasteiger partial charge in [0.1, 0.15) is 33.5 Å². The van der Waals surface area contributed by atoms with Gasteiger partial charge in [-0.05, 0) is 192 Å². The predicted molar refractivity (Wildman–Crippen MR) is 430 cm³/mol. The van der Waals surface area contributed by atoms with Crippen LogP contribution >= 0.6 is 22.7 Å². The lowest BCUT2D eigenvalue weighted by atomic mass is 9.89. The molecular formula is C94H54N2O3S2. The van der Waals surface area contributed by atoms with Gasteiger partial charge in [0.2, 0.25) is 0 Å². The Morgan fingerprint density at radius 3 is 1.40 bits per heavy atom. The van der Waals surface area contributed by atoms with Crippen molar-refractivity contribution in [1.82, 2.24) is 0 Å². The number of rotatable bonds is 9. The summed E-state index contributed by atoms with van der Waals surface area (Å²) in [7, 11) is 0. The van der Waals surface area contributed by atoms with E-state index in [1.807, 2.05) is 34.8 Å². The van der Waals surface area contributed by atoms with Crippen LogP contribution in [-0.2, 0) is 0 Å². The Morgan fingerprint density at radius 1 is 0.208 bits per heavy atom. The second-order valence-electron chi connectivity index (χ2n) is 26.5. The van der Waals surface area contributed by atoms with E-state index in [0.717, 1.165) is 117 Å². The molecule has 5 nitrogen and oxygen atoms in total. The first-order valence-electron chi connectivity index (χ1n) is 34.3. The van der Waals surface area contributed by atoms with Crippen molar-refractivity contribution in [3.05, 3.63) is 328 Å².